The van der Waals surface area contributed by atoms with Gasteiger partial charge >= 0.3 is 12.0 Å². The highest BCUT2D eigenvalue weighted by Gasteiger charge is 2.19. The highest BCUT2D eigenvalue weighted by atomic mass is 16.5. The molecule has 0 spiro atoms. The molecule has 0 unspecified atom stereocenters. The molecule has 9 heteroatoms. The van der Waals surface area contributed by atoms with Crippen molar-refractivity contribution in [2.75, 3.05) is 13.2 Å². The standard InChI is InChI=1S/C20H26N4O5/c1-4-11-24-18(26)15-8-6-5-7-14(15)17(23-24)19(27)29-12-16(25)22-20(28)21-10-9-13(2)3/h5-8,13H,4,9-12H2,1-3H3,(H2,21,22,25,28). The number of benzene rings is 1. The van der Waals surface area contributed by atoms with Gasteiger partial charge < -0.3 is 10.1 Å². The number of aromatic nitrogens is 2. The molecule has 1 aromatic carbocycles. The van der Waals surface area contributed by atoms with E-state index in [2.05, 4.69) is 15.7 Å². The molecule has 0 aliphatic rings. The van der Waals surface area contributed by atoms with Crippen LogP contribution in [0.1, 0.15) is 44.1 Å². The molecule has 0 saturated carbocycles. The average Bonchev–Trinajstić information content (AvgIpc) is 2.68. The minimum atomic E-state index is -0.846. The Balaban J connectivity index is 2.04. The first-order valence-electron chi connectivity index (χ1n) is 9.58. The van der Waals surface area contributed by atoms with E-state index in [0.29, 0.717) is 36.2 Å². The van der Waals surface area contributed by atoms with Crippen molar-refractivity contribution in [2.24, 2.45) is 5.92 Å². The summed E-state index contributed by atoms with van der Waals surface area (Å²) in [4.78, 5) is 48.4. The Hall–Kier alpha value is -3.23. The second kappa shape index (κ2) is 10.4. The molecule has 2 aromatic rings. The number of fused-ring (bicyclic) bond motifs is 1. The van der Waals surface area contributed by atoms with Crippen molar-refractivity contribution < 1.29 is 19.1 Å². The van der Waals surface area contributed by atoms with Gasteiger partial charge in [-0.15, -0.1) is 0 Å². The van der Waals surface area contributed by atoms with Gasteiger partial charge in [0, 0.05) is 18.5 Å². The number of hydrogen-bond donors (Lipinski definition) is 2. The van der Waals surface area contributed by atoms with Crippen molar-refractivity contribution in [1.29, 1.82) is 0 Å². The average molecular weight is 402 g/mol. The maximum atomic E-state index is 12.5. The van der Waals surface area contributed by atoms with E-state index >= 15 is 0 Å². The molecule has 2 N–H and O–H groups in total. The Morgan fingerprint density at radius 1 is 1.17 bits per heavy atom. The first-order valence-corrected chi connectivity index (χ1v) is 9.58. The highest BCUT2D eigenvalue weighted by Crippen LogP contribution is 2.14. The number of nitrogens with one attached hydrogen (secondary N) is 2. The molecule has 0 radical (unpaired) electrons. The van der Waals surface area contributed by atoms with Crippen molar-refractivity contribution in [3.8, 4) is 0 Å². The zero-order chi connectivity index (χ0) is 21.4. The molecule has 0 bridgehead atoms. The monoisotopic (exact) mass is 402 g/mol. The molecule has 0 aliphatic heterocycles. The molecule has 156 valence electrons. The fourth-order valence-corrected chi connectivity index (χ4v) is 2.63. The van der Waals surface area contributed by atoms with Gasteiger partial charge in [0.15, 0.2) is 12.3 Å². The minimum Gasteiger partial charge on any atom is -0.451 e. The van der Waals surface area contributed by atoms with Crippen molar-refractivity contribution in [1.82, 2.24) is 20.4 Å². The highest BCUT2D eigenvalue weighted by molar-refractivity contribution is 6.03. The molecule has 0 saturated heterocycles. The van der Waals surface area contributed by atoms with Gasteiger partial charge in [-0.25, -0.2) is 14.3 Å². The lowest BCUT2D eigenvalue weighted by molar-refractivity contribution is -0.123. The van der Waals surface area contributed by atoms with Crippen LogP contribution in [0.3, 0.4) is 0 Å². The molecule has 9 nitrogen and oxygen atoms in total. The number of rotatable bonds is 8. The van der Waals surface area contributed by atoms with E-state index in [1.54, 1.807) is 24.3 Å². The van der Waals surface area contributed by atoms with E-state index in [9.17, 15) is 19.2 Å². The Morgan fingerprint density at radius 3 is 2.52 bits per heavy atom. The summed E-state index contributed by atoms with van der Waals surface area (Å²) in [5.41, 5.74) is -0.349. The van der Waals surface area contributed by atoms with E-state index in [1.165, 1.54) is 4.68 Å². The zero-order valence-corrected chi connectivity index (χ0v) is 16.9. The zero-order valence-electron chi connectivity index (χ0n) is 16.9. The third-order valence-electron chi connectivity index (χ3n) is 4.09. The molecule has 3 amide bonds. The summed E-state index contributed by atoms with van der Waals surface area (Å²) in [6, 6.07) is 5.93. The molecule has 29 heavy (non-hydrogen) atoms. The van der Waals surface area contributed by atoms with Gasteiger partial charge in [-0.2, -0.15) is 5.10 Å². The van der Waals surface area contributed by atoms with Gasteiger partial charge in [0.2, 0.25) is 0 Å². The largest absolute Gasteiger partial charge is 0.451 e. The fraction of sp³-hybridized carbons (Fsp3) is 0.450. The van der Waals surface area contributed by atoms with Crippen LogP contribution in [0.15, 0.2) is 29.1 Å². The number of aryl methyl sites for hydroxylation is 1. The number of ether oxygens (including phenoxy) is 1. The van der Waals surface area contributed by atoms with Gasteiger partial charge in [-0.1, -0.05) is 39.0 Å². The second-order valence-corrected chi connectivity index (χ2v) is 6.99. The minimum absolute atomic E-state index is 0.0529. The van der Waals surface area contributed by atoms with Crippen LogP contribution in [0, 0.1) is 5.92 Å². The Labute approximate surface area is 168 Å². The summed E-state index contributed by atoms with van der Waals surface area (Å²) >= 11 is 0. The smallest absolute Gasteiger partial charge is 0.359 e. The molecular weight excluding hydrogens is 376 g/mol. The topological polar surface area (TPSA) is 119 Å². The van der Waals surface area contributed by atoms with Crippen LogP contribution in [0.5, 0.6) is 0 Å². The lowest BCUT2D eigenvalue weighted by Gasteiger charge is -2.11. The van der Waals surface area contributed by atoms with Crippen molar-refractivity contribution in [3.05, 3.63) is 40.3 Å². The van der Waals surface area contributed by atoms with E-state index in [-0.39, 0.29) is 11.3 Å². The maximum Gasteiger partial charge on any atom is 0.359 e. The number of nitrogens with zero attached hydrogens (tertiary/aromatic N) is 2. The summed E-state index contributed by atoms with van der Waals surface area (Å²) in [5, 5.41) is 9.45. The Morgan fingerprint density at radius 2 is 1.86 bits per heavy atom. The van der Waals surface area contributed by atoms with Crippen molar-refractivity contribution >= 4 is 28.7 Å². The summed E-state index contributed by atoms with van der Waals surface area (Å²) < 4.78 is 6.22. The van der Waals surface area contributed by atoms with Crippen molar-refractivity contribution in [3.63, 3.8) is 0 Å². The van der Waals surface area contributed by atoms with Crippen LogP contribution in [-0.2, 0) is 16.1 Å². The number of esters is 1. The molecule has 1 heterocycles. The van der Waals surface area contributed by atoms with Crippen LogP contribution < -0.4 is 16.2 Å². The Bertz CT molecular complexity index is 952. The summed E-state index contributed by atoms with van der Waals surface area (Å²) in [6.45, 7) is 6.07. The molecule has 1 aromatic heterocycles. The molecular formula is C20H26N4O5. The Kier molecular flexibility index (Phi) is 7.88. The molecule has 2 rings (SSSR count). The lowest BCUT2D eigenvalue weighted by atomic mass is 10.1. The third kappa shape index (κ3) is 6.13. The van der Waals surface area contributed by atoms with Gasteiger partial charge in [0.25, 0.3) is 11.5 Å². The van der Waals surface area contributed by atoms with E-state index < -0.39 is 24.5 Å². The predicted octanol–water partition coefficient (Wildman–Crippen LogP) is 1.84. The number of hydrogen-bond acceptors (Lipinski definition) is 6. The van der Waals surface area contributed by atoms with Crippen LogP contribution in [0.4, 0.5) is 4.79 Å². The normalized spacial score (nSPS) is 10.8. The first kappa shape index (κ1) is 22.1. The van der Waals surface area contributed by atoms with Crippen LogP contribution in [0.25, 0.3) is 10.8 Å². The van der Waals surface area contributed by atoms with Crippen LogP contribution in [-0.4, -0.2) is 40.8 Å². The number of amides is 3. The molecule has 0 fully saturated rings. The van der Waals surface area contributed by atoms with Gasteiger partial charge in [0.05, 0.1) is 5.39 Å². The molecule has 0 atom stereocenters. The van der Waals surface area contributed by atoms with Crippen molar-refractivity contribution in [2.45, 2.75) is 40.2 Å². The van der Waals surface area contributed by atoms with Gasteiger partial charge in [-0.05, 0) is 24.8 Å². The fourth-order valence-electron chi connectivity index (χ4n) is 2.63. The van der Waals surface area contributed by atoms with E-state index in [4.69, 9.17) is 4.74 Å². The van der Waals surface area contributed by atoms with Gasteiger partial charge in [-0.3, -0.25) is 14.9 Å². The summed E-state index contributed by atoms with van der Waals surface area (Å²) in [5.74, 6) is -1.18. The van der Waals surface area contributed by atoms with Crippen LogP contribution in [0.2, 0.25) is 0 Å². The number of carbonyl (C=O) groups is 3. The third-order valence-corrected chi connectivity index (χ3v) is 4.09. The summed E-state index contributed by atoms with van der Waals surface area (Å²) in [7, 11) is 0. The first-order chi connectivity index (χ1) is 13.8. The predicted molar refractivity (Wildman–Crippen MR) is 108 cm³/mol. The number of carbonyl (C=O) groups excluding carboxylic acids is 3. The van der Waals surface area contributed by atoms with E-state index in [1.807, 2.05) is 20.8 Å². The van der Waals surface area contributed by atoms with E-state index in [0.717, 1.165) is 6.42 Å². The number of urea groups is 1. The van der Waals surface area contributed by atoms with Gasteiger partial charge in [0.1, 0.15) is 0 Å². The summed E-state index contributed by atoms with van der Waals surface area (Å²) in [6.07, 6.45) is 1.44. The van der Waals surface area contributed by atoms with Crippen LogP contribution >= 0.6 is 0 Å². The SMILES string of the molecule is CCCn1nc(C(=O)OCC(=O)NC(=O)NCCC(C)C)c2ccccc2c1=O. The quantitative estimate of drug-likeness (QED) is 0.650. The maximum absolute atomic E-state index is 12.5. The second-order valence-electron chi connectivity index (χ2n) is 6.99. The lowest BCUT2D eigenvalue weighted by Crippen LogP contribution is -2.42. The molecule has 0 aliphatic carbocycles. The number of imide groups is 1.